The molecule has 0 aromatic heterocycles. The molecule has 2 saturated heterocycles. The van der Waals surface area contributed by atoms with Crippen molar-refractivity contribution in [3.05, 3.63) is 65.8 Å². The number of piperazine rings is 1. The first-order valence-corrected chi connectivity index (χ1v) is 11.0. The third-order valence-corrected chi connectivity index (χ3v) is 5.97. The van der Waals surface area contributed by atoms with E-state index in [1.807, 2.05) is 41.3 Å². The molecule has 32 heavy (non-hydrogen) atoms. The third-order valence-electron chi connectivity index (χ3n) is 5.97. The fourth-order valence-corrected chi connectivity index (χ4v) is 4.11. The number of hydrazine groups is 1. The van der Waals surface area contributed by atoms with Crippen LogP contribution in [0, 0.1) is 17.2 Å². The first-order chi connectivity index (χ1) is 15.5. The van der Waals surface area contributed by atoms with E-state index in [1.54, 1.807) is 12.1 Å². The highest BCUT2D eigenvalue weighted by molar-refractivity contribution is 5.79. The van der Waals surface area contributed by atoms with Crippen LogP contribution in [0.4, 0.5) is 5.69 Å². The smallest absolute Gasteiger partial charge is 0.227 e. The standard InChI is InChI=1S/C25H33N5O2/c1-20-18-32-19-22(24(20)6-4-3-5-11-26)17-29-12-14-30(15-13-29)25(31)16-21-7-9-23(10-8-21)28(2)27/h3-4,6-10,22H,1,5,12-19,27H2,2H3/b4-3-,24-6+. The van der Waals surface area contributed by atoms with Gasteiger partial charge in [-0.15, -0.1) is 0 Å². The molecule has 2 N–H and O–H groups in total. The monoisotopic (exact) mass is 435 g/mol. The highest BCUT2D eigenvalue weighted by Crippen LogP contribution is 2.26. The lowest BCUT2D eigenvalue weighted by atomic mass is 9.90. The third kappa shape index (κ3) is 6.54. The van der Waals surface area contributed by atoms with E-state index in [0.717, 1.165) is 49.5 Å². The topological polar surface area (TPSA) is 85.8 Å². The van der Waals surface area contributed by atoms with Crippen molar-refractivity contribution in [1.29, 1.82) is 5.26 Å². The number of benzene rings is 1. The van der Waals surface area contributed by atoms with E-state index in [-0.39, 0.29) is 11.8 Å². The summed E-state index contributed by atoms with van der Waals surface area (Å²) in [6.45, 7) is 9.43. The zero-order valence-electron chi connectivity index (χ0n) is 18.9. The molecule has 2 aliphatic heterocycles. The van der Waals surface area contributed by atoms with E-state index in [2.05, 4.69) is 23.6 Å². The average molecular weight is 436 g/mol. The second-order valence-electron chi connectivity index (χ2n) is 8.36. The highest BCUT2D eigenvalue weighted by atomic mass is 16.5. The maximum atomic E-state index is 12.8. The average Bonchev–Trinajstić information content (AvgIpc) is 2.79. The molecule has 7 heteroatoms. The molecule has 170 valence electrons. The molecule has 1 unspecified atom stereocenters. The van der Waals surface area contributed by atoms with Crippen molar-refractivity contribution in [2.45, 2.75) is 12.8 Å². The van der Waals surface area contributed by atoms with Gasteiger partial charge in [0.1, 0.15) is 0 Å². The molecule has 0 radical (unpaired) electrons. The van der Waals surface area contributed by atoms with Gasteiger partial charge in [0.2, 0.25) is 5.91 Å². The molecular formula is C25H33N5O2. The minimum atomic E-state index is 0.163. The predicted octanol–water partition coefficient (Wildman–Crippen LogP) is 2.28. The van der Waals surface area contributed by atoms with Crippen LogP contribution in [-0.4, -0.2) is 68.7 Å². The number of anilines is 1. The molecule has 2 heterocycles. The molecular weight excluding hydrogens is 402 g/mol. The molecule has 3 rings (SSSR count). The van der Waals surface area contributed by atoms with Crippen LogP contribution in [0.3, 0.4) is 0 Å². The number of nitrogens with zero attached hydrogens (tertiary/aromatic N) is 4. The van der Waals surface area contributed by atoms with Crippen molar-refractivity contribution in [1.82, 2.24) is 9.80 Å². The Morgan fingerprint density at radius 1 is 1.31 bits per heavy atom. The number of rotatable bonds is 7. The fraction of sp³-hybridized carbons (Fsp3) is 0.440. The molecule has 7 nitrogen and oxygen atoms in total. The number of carbonyl (C=O) groups excluding carboxylic acids is 1. The summed E-state index contributed by atoms with van der Waals surface area (Å²) in [5, 5.41) is 10.3. The summed E-state index contributed by atoms with van der Waals surface area (Å²) in [6.07, 6.45) is 6.69. The Balaban J connectivity index is 1.50. The van der Waals surface area contributed by atoms with Crippen molar-refractivity contribution in [3.8, 4) is 6.07 Å². The maximum absolute atomic E-state index is 12.8. The number of nitriles is 1. The molecule has 1 aromatic rings. The summed E-state index contributed by atoms with van der Waals surface area (Å²) in [6, 6.07) is 9.90. The Kier molecular flexibility index (Phi) is 8.63. The lowest BCUT2D eigenvalue weighted by Gasteiger charge is -2.38. The number of ether oxygens (including phenoxy) is 1. The van der Waals surface area contributed by atoms with Gasteiger partial charge in [0.05, 0.1) is 37.8 Å². The Morgan fingerprint density at radius 2 is 2.03 bits per heavy atom. The van der Waals surface area contributed by atoms with Gasteiger partial charge in [0.15, 0.2) is 0 Å². The molecule has 0 aliphatic carbocycles. The second kappa shape index (κ2) is 11.6. The van der Waals surface area contributed by atoms with Gasteiger partial charge in [-0.3, -0.25) is 9.69 Å². The van der Waals surface area contributed by atoms with Crippen molar-refractivity contribution < 1.29 is 9.53 Å². The number of carbonyl (C=O) groups is 1. The molecule has 1 aromatic carbocycles. The lowest BCUT2D eigenvalue weighted by molar-refractivity contribution is -0.132. The van der Waals surface area contributed by atoms with Crippen molar-refractivity contribution >= 4 is 11.6 Å². The van der Waals surface area contributed by atoms with Gasteiger partial charge in [-0.1, -0.05) is 36.9 Å². The van der Waals surface area contributed by atoms with Crippen LogP contribution < -0.4 is 10.9 Å². The Hall–Kier alpha value is -2.92. The lowest BCUT2D eigenvalue weighted by Crippen LogP contribution is -2.50. The van der Waals surface area contributed by atoms with Crippen LogP contribution in [0.1, 0.15) is 12.0 Å². The van der Waals surface area contributed by atoms with Gasteiger partial charge in [0, 0.05) is 45.7 Å². The zero-order chi connectivity index (χ0) is 22.9. The van der Waals surface area contributed by atoms with Crippen LogP contribution >= 0.6 is 0 Å². The van der Waals surface area contributed by atoms with E-state index in [0.29, 0.717) is 26.1 Å². The minimum Gasteiger partial charge on any atom is -0.376 e. The zero-order valence-corrected chi connectivity index (χ0v) is 18.9. The van der Waals surface area contributed by atoms with E-state index >= 15 is 0 Å². The van der Waals surface area contributed by atoms with Crippen LogP contribution in [0.25, 0.3) is 0 Å². The Labute approximate surface area is 191 Å². The van der Waals surface area contributed by atoms with Gasteiger partial charge in [0.25, 0.3) is 0 Å². The van der Waals surface area contributed by atoms with Crippen molar-refractivity contribution in [2.75, 3.05) is 58.0 Å². The van der Waals surface area contributed by atoms with E-state index in [9.17, 15) is 4.79 Å². The van der Waals surface area contributed by atoms with Crippen molar-refractivity contribution in [2.24, 2.45) is 11.8 Å². The molecule has 0 saturated carbocycles. The van der Waals surface area contributed by atoms with Crippen LogP contribution in [-0.2, 0) is 16.0 Å². The minimum absolute atomic E-state index is 0.163. The summed E-state index contributed by atoms with van der Waals surface area (Å²) in [5.74, 6) is 6.15. The van der Waals surface area contributed by atoms with Crippen LogP contribution in [0.15, 0.2) is 60.2 Å². The van der Waals surface area contributed by atoms with Gasteiger partial charge in [-0.25, -0.2) is 5.84 Å². The van der Waals surface area contributed by atoms with Gasteiger partial charge >= 0.3 is 0 Å². The van der Waals surface area contributed by atoms with E-state index in [1.165, 1.54) is 5.57 Å². The first kappa shape index (κ1) is 23.7. The summed E-state index contributed by atoms with van der Waals surface area (Å²) in [4.78, 5) is 17.1. The summed E-state index contributed by atoms with van der Waals surface area (Å²) in [7, 11) is 1.79. The predicted molar refractivity (Wildman–Crippen MR) is 127 cm³/mol. The van der Waals surface area contributed by atoms with E-state index in [4.69, 9.17) is 15.8 Å². The molecule has 1 atom stereocenters. The number of nitrogens with two attached hydrogens (primary N) is 1. The van der Waals surface area contributed by atoms with Gasteiger partial charge in [-0.05, 0) is 28.8 Å². The molecule has 0 spiro atoms. The molecule has 2 fully saturated rings. The van der Waals surface area contributed by atoms with Gasteiger partial charge in [-0.2, -0.15) is 5.26 Å². The first-order valence-electron chi connectivity index (χ1n) is 11.0. The highest BCUT2D eigenvalue weighted by Gasteiger charge is 2.27. The fourth-order valence-electron chi connectivity index (χ4n) is 4.11. The normalized spacial score (nSPS) is 21.2. The Morgan fingerprint density at radius 3 is 2.69 bits per heavy atom. The number of allylic oxidation sites excluding steroid dienone is 3. The van der Waals surface area contributed by atoms with Crippen LogP contribution in [0.5, 0.6) is 0 Å². The largest absolute Gasteiger partial charge is 0.376 e. The summed E-state index contributed by atoms with van der Waals surface area (Å²) >= 11 is 0. The maximum Gasteiger partial charge on any atom is 0.227 e. The number of hydrogen-bond acceptors (Lipinski definition) is 6. The van der Waals surface area contributed by atoms with Gasteiger partial charge < -0.3 is 14.6 Å². The summed E-state index contributed by atoms with van der Waals surface area (Å²) in [5.41, 5.74) is 4.12. The summed E-state index contributed by atoms with van der Waals surface area (Å²) < 4.78 is 5.72. The number of hydrogen-bond donors (Lipinski definition) is 1. The van der Waals surface area contributed by atoms with E-state index < -0.39 is 0 Å². The quantitative estimate of drug-likeness (QED) is 0.522. The molecule has 0 bridgehead atoms. The Bertz CT molecular complexity index is 890. The second-order valence-corrected chi connectivity index (χ2v) is 8.36. The van der Waals surface area contributed by atoms with Crippen LogP contribution in [0.2, 0.25) is 0 Å². The van der Waals surface area contributed by atoms with Crippen molar-refractivity contribution in [3.63, 3.8) is 0 Å². The molecule has 1 amide bonds. The number of amides is 1. The SMILES string of the molecule is C=C1COCC(CN2CCN(C(=O)Cc3ccc(N(C)N)cc3)CC2)/C1=C/C=C\CC#N. The molecule has 2 aliphatic rings.